The number of halogens is 2. The predicted molar refractivity (Wildman–Crippen MR) is 31.9 cm³/mol. The summed E-state index contributed by atoms with van der Waals surface area (Å²) in [5.41, 5.74) is 0. The Kier molecular flexibility index (Phi) is 2.01. The van der Waals surface area contributed by atoms with Crippen LogP contribution in [-0.4, -0.2) is 37.4 Å². The lowest BCUT2D eigenvalue weighted by atomic mass is 10.1. The quantitative estimate of drug-likeness (QED) is 0.479. The number of hydrogen-bond acceptors (Lipinski definition) is 1. The number of piperidine rings is 1. The van der Waals surface area contributed by atoms with E-state index in [0.717, 1.165) is 0 Å². The fraction of sp³-hybridized carbons (Fsp3) is 1.00. The van der Waals surface area contributed by atoms with Crippen molar-refractivity contribution in [2.45, 2.75) is 18.8 Å². The van der Waals surface area contributed by atoms with E-state index in [2.05, 4.69) is 0 Å². The van der Waals surface area contributed by atoms with Gasteiger partial charge < -0.3 is 4.90 Å². The Morgan fingerprint density at radius 1 is 1.33 bits per heavy atom. The zero-order valence-corrected chi connectivity index (χ0v) is 5.48. The molecule has 0 N–H and O–H groups in total. The first kappa shape index (κ1) is 6.93. The van der Waals surface area contributed by atoms with Crippen LogP contribution >= 0.6 is 0 Å². The van der Waals surface area contributed by atoms with Crippen molar-refractivity contribution >= 4 is 0 Å². The van der Waals surface area contributed by atoms with E-state index in [1.807, 2.05) is 0 Å². The maximum Gasteiger partial charge on any atom is 0.144 e. The van der Waals surface area contributed by atoms with Crippen LogP contribution in [0.3, 0.4) is 0 Å². The standard InChI is InChI=1S/C6H11F2N/c1-9-3-2-5(7)6(8)4-9/h5-6H,2-4H2,1H3. The van der Waals surface area contributed by atoms with Gasteiger partial charge in [0.15, 0.2) is 0 Å². The molecule has 1 aliphatic heterocycles. The normalized spacial score (nSPS) is 39.0. The molecule has 0 bridgehead atoms. The first-order valence-corrected chi connectivity index (χ1v) is 3.17. The molecule has 1 aliphatic rings. The maximum absolute atomic E-state index is 12.4. The lowest BCUT2D eigenvalue weighted by Crippen LogP contribution is -2.40. The van der Waals surface area contributed by atoms with Crippen LogP contribution in [0, 0.1) is 0 Å². The first-order valence-electron chi connectivity index (χ1n) is 3.17. The second-order valence-electron chi connectivity index (χ2n) is 2.58. The Morgan fingerprint density at radius 2 is 2.00 bits per heavy atom. The molecule has 0 aromatic carbocycles. The van der Waals surface area contributed by atoms with Gasteiger partial charge >= 0.3 is 0 Å². The fourth-order valence-electron chi connectivity index (χ4n) is 1.03. The minimum absolute atomic E-state index is 0.251. The van der Waals surface area contributed by atoms with Gasteiger partial charge in [-0.05, 0) is 13.5 Å². The van der Waals surface area contributed by atoms with Crippen LogP contribution in [0.2, 0.25) is 0 Å². The highest BCUT2D eigenvalue weighted by Gasteiger charge is 2.26. The molecule has 1 saturated heterocycles. The highest BCUT2D eigenvalue weighted by Crippen LogP contribution is 2.14. The van der Waals surface area contributed by atoms with Crippen LogP contribution in [0.15, 0.2) is 0 Å². The molecule has 0 aliphatic carbocycles. The Balaban J connectivity index is 2.35. The molecule has 2 unspecified atom stereocenters. The van der Waals surface area contributed by atoms with E-state index >= 15 is 0 Å². The van der Waals surface area contributed by atoms with Crippen LogP contribution < -0.4 is 0 Å². The van der Waals surface area contributed by atoms with Crippen molar-refractivity contribution < 1.29 is 8.78 Å². The number of nitrogens with zero attached hydrogens (tertiary/aromatic N) is 1. The van der Waals surface area contributed by atoms with Gasteiger partial charge in [-0.25, -0.2) is 8.78 Å². The number of alkyl halides is 2. The van der Waals surface area contributed by atoms with E-state index < -0.39 is 12.3 Å². The monoisotopic (exact) mass is 135 g/mol. The molecule has 0 radical (unpaired) electrons. The summed E-state index contributed by atoms with van der Waals surface area (Å²) in [7, 11) is 1.80. The average Bonchev–Trinajstić information content (AvgIpc) is 1.80. The summed E-state index contributed by atoms with van der Waals surface area (Å²) in [6.07, 6.45) is -2.14. The molecular formula is C6H11F2N. The Hall–Kier alpha value is -0.180. The molecule has 0 amide bonds. The van der Waals surface area contributed by atoms with Gasteiger partial charge in [0.1, 0.15) is 12.3 Å². The number of rotatable bonds is 0. The summed E-state index contributed by atoms with van der Waals surface area (Å²) >= 11 is 0. The lowest BCUT2D eigenvalue weighted by molar-refractivity contribution is 0.0728. The molecule has 1 heterocycles. The Bertz CT molecular complexity index is 97.1. The van der Waals surface area contributed by atoms with Crippen molar-refractivity contribution in [3.05, 3.63) is 0 Å². The largest absolute Gasteiger partial charge is 0.303 e. The van der Waals surface area contributed by atoms with Crippen molar-refractivity contribution in [1.82, 2.24) is 4.90 Å². The van der Waals surface area contributed by atoms with Crippen LogP contribution in [0.4, 0.5) is 8.78 Å². The molecule has 0 spiro atoms. The third-order valence-corrected chi connectivity index (χ3v) is 1.67. The molecule has 1 nitrogen and oxygen atoms in total. The SMILES string of the molecule is CN1CCC(F)C(F)C1. The van der Waals surface area contributed by atoms with E-state index in [0.29, 0.717) is 13.0 Å². The van der Waals surface area contributed by atoms with Gasteiger partial charge in [-0.2, -0.15) is 0 Å². The fourth-order valence-corrected chi connectivity index (χ4v) is 1.03. The van der Waals surface area contributed by atoms with Crippen LogP contribution in [-0.2, 0) is 0 Å². The maximum atomic E-state index is 12.4. The van der Waals surface area contributed by atoms with Crippen molar-refractivity contribution in [3.8, 4) is 0 Å². The molecule has 0 aromatic rings. The van der Waals surface area contributed by atoms with Gasteiger partial charge in [-0.3, -0.25) is 0 Å². The highest BCUT2D eigenvalue weighted by molar-refractivity contribution is 4.77. The molecule has 2 atom stereocenters. The van der Waals surface area contributed by atoms with E-state index in [1.54, 1.807) is 11.9 Å². The summed E-state index contributed by atoms with van der Waals surface area (Å²) in [6.45, 7) is 0.933. The van der Waals surface area contributed by atoms with E-state index in [9.17, 15) is 8.78 Å². The highest BCUT2D eigenvalue weighted by atomic mass is 19.2. The van der Waals surface area contributed by atoms with Crippen LogP contribution in [0.25, 0.3) is 0 Å². The van der Waals surface area contributed by atoms with Crippen molar-refractivity contribution in [2.75, 3.05) is 20.1 Å². The van der Waals surface area contributed by atoms with E-state index in [1.165, 1.54) is 0 Å². The predicted octanol–water partition coefficient (Wildman–Crippen LogP) is 0.998. The molecule has 9 heavy (non-hydrogen) atoms. The molecule has 3 heteroatoms. The third kappa shape index (κ3) is 1.61. The lowest BCUT2D eigenvalue weighted by Gasteiger charge is -2.27. The van der Waals surface area contributed by atoms with Crippen LogP contribution in [0.5, 0.6) is 0 Å². The van der Waals surface area contributed by atoms with Crippen LogP contribution in [0.1, 0.15) is 6.42 Å². The first-order chi connectivity index (χ1) is 4.20. The molecule has 1 rings (SSSR count). The second kappa shape index (κ2) is 2.60. The van der Waals surface area contributed by atoms with Crippen molar-refractivity contribution in [2.24, 2.45) is 0 Å². The van der Waals surface area contributed by atoms with Crippen molar-refractivity contribution in [3.63, 3.8) is 0 Å². The summed E-state index contributed by atoms with van der Waals surface area (Å²) in [4.78, 5) is 1.81. The number of likely N-dealkylation sites (tertiary alicyclic amines) is 1. The summed E-state index contributed by atoms with van der Waals surface area (Å²) in [5, 5.41) is 0. The minimum atomic E-state index is -1.26. The Labute approximate surface area is 53.6 Å². The van der Waals surface area contributed by atoms with Gasteiger partial charge in [-0.15, -0.1) is 0 Å². The summed E-state index contributed by atoms with van der Waals surface area (Å²) < 4.78 is 24.8. The minimum Gasteiger partial charge on any atom is -0.303 e. The molecule has 54 valence electrons. The number of hydrogen-bond donors (Lipinski definition) is 0. The van der Waals surface area contributed by atoms with E-state index in [-0.39, 0.29) is 6.54 Å². The smallest absolute Gasteiger partial charge is 0.144 e. The van der Waals surface area contributed by atoms with Gasteiger partial charge in [0.2, 0.25) is 0 Å². The molecular weight excluding hydrogens is 124 g/mol. The van der Waals surface area contributed by atoms with Crippen molar-refractivity contribution in [1.29, 1.82) is 0 Å². The average molecular weight is 135 g/mol. The zero-order valence-electron chi connectivity index (χ0n) is 5.48. The Morgan fingerprint density at radius 3 is 2.44 bits per heavy atom. The van der Waals surface area contributed by atoms with Gasteiger partial charge in [0.05, 0.1) is 0 Å². The van der Waals surface area contributed by atoms with Gasteiger partial charge in [0, 0.05) is 13.1 Å². The topological polar surface area (TPSA) is 3.24 Å². The third-order valence-electron chi connectivity index (χ3n) is 1.67. The summed E-state index contributed by atoms with van der Waals surface area (Å²) in [6, 6.07) is 0. The van der Waals surface area contributed by atoms with Gasteiger partial charge in [0.25, 0.3) is 0 Å². The van der Waals surface area contributed by atoms with Gasteiger partial charge in [-0.1, -0.05) is 0 Å². The zero-order chi connectivity index (χ0) is 6.85. The summed E-state index contributed by atoms with van der Waals surface area (Å²) in [5.74, 6) is 0. The second-order valence-corrected chi connectivity index (χ2v) is 2.58. The molecule has 1 fully saturated rings. The molecule has 0 saturated carbocycles. The molecule has 0 aromatic heterocycles. The van der Waals surface area contributed by atoms with E-state index in [4.69, 9.17) is 0 Å².